The fraction of sp³-hybridized carbons (Fsp3) is 0.520. The Morgan fingerprint density at radius 2 is 1.77 bits per heavy atom. The van der Waals surface area contributed by atoms with Crippen LogP contribution >= 0.6 is 0 Å². The molecule has 1 fully saturated rings. The molecule has 30 heavy (non-hydrogen) atoms. The summed E-state index contributed by atoms with van der Waals surface area (Å²) < 4.78 is 6.05. The maximum atomic E-state index is 9.51. The molecule has 5 nitrogen and oxygen atoms in total. The van der Waals surface area contributed by atoms with E-state index in [1.807, 2.05) is 0 Å². The normalized spacial score (nSPS) is 20.3. The summed E-state index contributed by atoms with van der Waals surface area (Å²) in [5.41, 5.74) is 5.19. The molecule has 2 heterocycles. The SMILES string of the molecule is CN(C)c1ccc(CN2CCOc3ccc(CN4CCCC(CO)C4)cc3C2)cc1. The van der Waals surface area contributed by atoms with E-state index in [4.69, 9.17) is 4.74 Å². The molecule has 2 aliphatic heterocycles. The highest BCUT2D eigenvalue weighted by molar-refractivity contribution is 5.46. The highest BCUT2D eigenvalue weighted by Gasteiger charge is 2.21. The third-order valence-electron chi connectivity index (χ3n) is 6.31. The van der Waals surface area contributed by atoms with Crippen LogP contribution in [0, 0.1) is 5.92 Å². The second kappa shape index (κ2) is 9.82. The predicted octanol–water partition coefficient (Wildman–Crippen LogP) is 3.35. The van der Waals surface area contributed by atoms with Crippen molar-refractivity contribution in [3.63, 3.8) is 0 Å². The van der Waals surface area contributed by atoms with E-state index in [-0.39, 0.29) is 0 Å². The Hall–Kier alpha value is -2.08. The van der Waals surface area contributed by atoms with Gasteiger partial charge in [0.05, 0.1) is 0 Å². The fourth-order valence-corrected chi connectivity index (χ4v) is 4.59. The monoisotopic (exact) mass is 409 g/mol. The summed E-state index contributed by atoms with van der Waals surface area (Å²) >= 11 is 0. The van der Waals surface area contributed by atoms with E-state index in [9.17, 15) is 5.11 Å². The Morgan fingerprint density at radius 1 is 1.00 bits per heavy atom. The highest BCUT2D eigenvalue weighted by Crippen LogP contribution is 2.27. The Morgan fingerprint density at radius 3 is 2.53 bits per heavy atom. The first kappa shape index (κ1) is 21.2. The average Bonchev–Trinajstić information content (AvgIpc) is 2.95. The highest BCUT2D eigenvalue weighted by atomic mass is 16.5. The minimum absolute atomic E-state index is 0.305. The standard InChI is InChI=1S/C25H35N3O2/c1-26(2)24-8-5-20(6-9-24)15-28-12-13-30-25-10-7-21(14-23(25)18-28)16-27-11-3-4-22(17-27)19-29/h5-10,14,22,29H,3-4,11-13,15-19H2,1-2H3. The molecule has 2 aliphatic rings. The molecule has 0 bridgehead atoms. The van der Waals surface area contributed by atoms with Gasteiger partial charge in [0.25, 0.3) is 0 Å². The molecule has 1 saturated heterocycles. The maximum absolute atomic E-state index is 9.51. The van der Waals surface area contributed by atoms with Crippen LogP contribution in [0.1, 0.15) is 29.5 Å². The van der Waals surface area contributed by atoms with Crippen LogP contribution in [0.15, 0.2) is 42.5 Å². The number of benzene rings is 2. The molecule has 5 heteroatoms. The van der Waals surface area contributed by atoms with Crippen LogP contribution in [0.4, 0.5) is 5.69 Å². The minimum Gasteiger partial charge on any atom is -0.492 e. The lowest BCUT2D eigenvalue weighted by Crippen LogP contribution is -2.36. The molecule has 1 atom stereocenters. The maximum Gasteiger partial charge on any atom is 0.123 e. The first-order valence-corrected chi connectivity index (χ1v) is 11.2. The van der Waals surface area contributed by atoms with Crippen molar-refractivity contribution in [2.24, 2.45) is 5.92 Å². The molecule has 0 radical (unpaired) electrons. The predicted molar refractivity (Wildman–Crippen MR) is 122 cm³/mol. The lowest BCUT2D eigenvalue weighted by atomic mass is 9.98. The zero-order valence-corrected chi connectivity index (χ0v) is 18.4. The van der Waals surface area contributed by atoms with Gasteiger partial charge in [-0.25, -0.2) is 0 Å². The molecule has 2 aromatic rings. The average molecular weight is 410 g/mol. The van der Waals surface area contributed by atoms with Gasteiger partial charge in [0.2, 0.25) is 0 Å². The van der Waals surface area contributed by atoms with Gasteiger partial charge in [-0.1, -0.05) is 18.2 Å². The van der Waals surface area contributed by atoms with Crippen molar-refractivity contribution in [3.8, 4) is 5.75 Å². The summed E-state index contributed by atoms with van der Waals surface area (Å²) in [5, 5.41) is 9.51. The van der Waals surface area contributed by atoms with Crippen LogP contribution in [0.25, 0.3) is 0 Å². The number of nitrogens with zero attached hydrogens (tertiary/aromatic N) is 3. The number of rotatable bonds is 6. The van der Waals surface area contributed by atoms with Crippen molar-refractivity contribution in [1.29, 1.82) is 0 Å². The smallest absolute Gasteiger partial charge is 0.123 e. The molecular weight excluding hydrogens is 374 g/mol. The largest absolute Gasteiger partial charge is 0.492 e. The number of likely N-dealkylation sites (tertiary alicyclic amines) is 1. The first-order chi connectivity index (χ1) is 14.6. The summed E-state index contributed by atoms with van der Waals surface area (Å²) in [5.74, 6) is 1.45. The Labute approximate surface area is 180 Å². The molecule has 1 N–H and O–H groups in total. The molecule has 162 valence electrons. The molecular formula is C25H35N3O2. The summed E-state index contributed by atoms with van der Waals surface area (Å²) in [4.78, 5) is 7.09. The van der Waals surface area contributed by atoms with Crippen molar-refractivity contribution in [2.45, 2.75) is 32.5 Å². The molecule has 0 aromatic heterocycles. The first-order valence-electron chi connectivity index (χ1n) is 11.2. The Balaban J connectivity index is 1.42. The number of anilines is 1. The van der Waals surface area contributed by atoms with Gasteiger partial charge in [0, 0.05) is 64.7 Å². The van der Waals surface area contributed by atoms with Crippen LogP contribution in [-0.4, -0.2) is 61.8 Å². The molecule has 0 saturated carbocycles. The minimum atomic E-state index is 0.305. The molecule has 4 rings (SSSR count). The number of piperidine rings is 1. The molecule has 1 unspecified atom stereocenters. The Bertz CT molecular complexity index is 822. The summed E-state index contributed by atoms with van der Waals surface area (Å²) in [6.45, 7) is 6.90. The zero-order valence-electron chi connectivity index (χ0n) is 18.4. The number of fused-ring (bicyclic) bond motifs is 1. The van der Waals surface area contributed by atoms with Gasteiger partial charge in [-0.05, 0) is 60.7 Å². The lowest BCUT2D eigenvalue weighted by molar-refractivity contribution is 0.116. The van der Waals surface area contributed by atoms with Crippen molar-refractivity contribution in [3.05, 3.63) is 59.2 Å². The van der Waals surface area contributed by atoms with Crippen LogP contribution in [0.3, 0.4) is 0 Å². The number of hydrogen-bond donors (Lipinski definition) is 1. The van der Waals surface area contributed by atoms with E-state index in [1.165, 1.54) is 28.8 Å². The second-order valence-electron chi connectivity index (χ2n) is 8.99. The van der Waals surface area contributed by atoms with E-state index in [0.29, 0.717) is 12.5 Å². The van der Waals surface area contributed by atoms with Crippen LogP contribution in [0.2, 0.25) is 0 Å². The van der Waals surface area contributed by atoms with E-state index in [0.717, 1.165) is 58.0 Å². The zero-order chi connectivity index (χ0) is 20.9. The van der Waals surface area contributed by atoms with Crippen molar-refractivity contribution in [2.75, 3.05) is 51.8 Å². The Kier molecular flexibility index (Phi) is 6.93. The number of ether oxygens (including phenoxy) is 1. The van der Waals surface area contributed by atoms with E-state index in [1.54, 1.807) is 0 Å². The van der Waals surface area contributed by atoms with Crippen molar-refractivity contribution in [1.82, 2.24) is 9.80 Å². The van der Waals surface area contributed by atoms with Crippen LogP contribution in [-0.2, 0) is 19.6 Å². The van der Waals surface area contributed by atoms with Gasteiger partial charge in [-0.15, -0.1) is 0 Å². The third kappa shape index (κ3) is 5.34. The molecule has 0 spiro atoms. The molecule has 0 aliphatic carbocycles. The van der Waals surface area contributed by atoms with Crippen molar-refractivity contribution < 1.29 is 9.84 Å². The van der Waals surface area contributed by atoms with Gasteiger partial charge in [-0.2, -0.15) is 0 Å². The topological polar surface area (TPSA) is 39.2 Å². The van der Waals surface area contributed by atoms with E-state index < -0.39 is 0 Å². The van der Waals surface area contributed by atoms with Gasteiger partial charge in [0.15, 0.2) is 0 Å². The summed E-state index contributed by atoms with van der Waals surface area (Å²) in [6.07, 6.45) is 2.33. The van der Waals surface area contributed by atoms with Gasteiger partial charge < -0.3 is 14.7 Å². The summed E-state index contributed by atoms with van der Waals surface area (Å²) in [6, 6.07) is 15.5. The van der Waals surface area contributed by atoms with E-state index >= 15 is 0 Å². The lowest BCUT2D eigenvalue weighted by Gasteiger charge is -2.32. The molecule has 2 aromatic carbocycles. The summed E-state index contributed by atoms with van der Waals surface area (Å²) in [7, 11) is 4.15. The number of aliphatic hydroxyl groups is 1. The number of aliphatic hydroxyl groups excluding tert-OH is 1. The van der Waals surface area contributed by atoms with Gasteiger partial charge in [-0.3, -0.25) is 9.80 Å². The van der Waals surface area contributed by atoms with Crippen molar-refractivity contribution >= 4 is 5.69 Å². The van der Waals surface area contributed by atoms with Gasteiger partial charge >= 0.3 is 0 Å². The van der Waals surface area contributed by atoms with E-state index in [2.05, 4.69) is 71.3 Å². The third-order valence-corrected chi connectivity index (χ3v) is 6.31. The quantitative estimate of drug-likeness (QED) is 0.792. The van der Waals surface area contributed by atoms with Gasteiger partial charge in [0.1, 0.15) is 12.4 Å². The second-order valence-corrected chi connectivity index (χ2v) is 8.99. The number of hydrogen-bond acceptors (Lipinski definition) is 5. The van der Waals surface area contributed by atoms with Crippen LogP contribution in [0.5, 0.6) is 5.75 Å². The van der Waals surface area contributed by atoms with Crippen LogP contribution < -0.4 is 9.64 Å². The molecule has 0 amide bonds. The fourth-order valence-electron chi connectivity index (χ4n) is 4.59.